The van der Waals surface area contributed by atoms with E-state index in [0.717, 1.165) is 25.7 Å². The van der Waals surface area contributed by atoms with Crippen molar-refractivity contribution >= 4 is 33.1 Å². The quantitative estimate of drug-likeness (QED) is 0.0646. The maximum absolute atomic E-state index is 10.1. The van der Waals surface area contributed by atoms with Gasteiger partial charge >= 0.3 is 133 Å². The molecule has 0 heterocycles. The zero-order chi connectivity index (χ0) is 29.7. The summed E-state index contributed by atoms with van der Waals surface area (Å²) in [5.74, 6) is -1.33. The number of hydrogen-bond acceptors (Lipinski definition) is 2. The van der Waals surface area contributed by atoms with Crippen LogP contribution in [0, 0.1) is 0 Å². The molecule has 0 atom stereocenters. The van der Waals surface area contributed by atoms with E-state index in [4.69, 9.17) is 10.2 Å². The zero-order valence-corrected chi connectivity index (χ0v) is 29.9. The summed E-state index contributed by atoms with van der Waals surface area (Å²) in [5.41, 5.74) is 0. The summed E-state index contributed by atoms with van der Waals surface area (Å²) in [6.45, 7) is 8.96. The molecule has 0 rings (SSSR count). The van der Waals surface area contributed by atoms with Gasteiger partial charge in [-0.2, -0.15) is 0 Å². The monoisotopic (exact) mass is 662 g/mol. The van der Waals surface area contributed by atoms with Gasteiger partial charge in [0.1, 0.15) is 0 Å². The van der Waals surface area contributed by atoms with Crippen molar-refractivity contribution in [3.05, 3.63) is 0 Å². The van der Waals surface area contributed by atoms with Gasteiger partial charge in [0.15, 0.2) is 0 Å². The Balaban J connectivity index is -0.000000519. The molecule has 0 unspecified atom stereocenters. The van der Waals surface area contributed by atoms with Crippen molar-refractivity contribution in [3.63, 3.8) is 0 Å². The van der Waals surface area contributed by atoms with Crippen LogP contribution < -0.4 is 0 Å². The number of hydrogen-bond donors (Lipinski definition) is 2. The van der Waals surface area contributed by atoms with E-state index in [1.807, 2.05) is 0 Å². The molecule has 0 saturated heterocycles. The molecule has 0 aromatic rings. The molecule has 5 heteroatoms. The Hall–Kier alpha value is -0.261. The van der Waals surface area contributed by atoms with Crippen molar-refractivity contribution in [1.82, 2.24) is 0 Å². The van der Waals surface area contributed by atoms with Crippen molar-refractivity contribution in [2.45, 2.75) is 204 Å². The summed E-state index contributed by atoms with van der Waals surface area (Å²) in [6, 6.07) is 0. The standard InChI is InChI=1S/2C9H18O2.2C8H17.Sn/c2*1-2-3-4-5-6-7-8-9(10)11;2*1-3-5-7-8-6-4-2;/h2*2-8H2,1H3,(H,10,11);2*1,3-8H2,2H3;. The molecule has 0 aromatic carbocycles. The Morgan fingerprint density at radius 3 is 0.872 bits per heavy atom. The van der Waals surface area contributed by atoms with Crippen LogP contribution in [-0.4, -0.2) is 43.3 Å². The SMILES string of the molecule is CCCCCCCCC(=O)O.CCCCCCCCC(=O)O.CCCCCCC[CH2][Sn][CH2]CCCCCCC. The first kappa shape index (κ1) is 43.2. The van der Waals surface area contributed by atoms with Crippen molar-refractivity contribution < 1.29 is 19.8 Å². The van der Waals surface area contributed by atoms with E-state index < -0.39 is 11.9 Å². The number of unbranched alkanes of at least 4 members (excludes halogenated alkanes) is 20. The van der Waals surface area contributed by atoms with E-state index in [1.165, 1.54) is 116 Å². The van der Waals surface area contributed by atoms with E-state index in [1.54, 1.807) is 21.7 Å². The number of carboxylic acid groups (broad SMARTS) is 2. The van der Waals surface area contributed by atoms with Gasteiger partial charge in [-0.05, 0) is 12.8 Å². The maximum atomic E-state index is 10.1. The second kappa shape index (κ2) is 42.2. The van der Waals surface area contributed by atoms with Gasteiger partial charge in [0.25, 0.3) is 0 Å². The molecule has 0 fully saturated rings. The molecule has 4 nitrogen and oxygen atoms in total. The third-order valence-electron chi connectivity index (χ3n) is 6.90. The van der Waals surface area contributed by atoms with Crippen LogP contribution in [0.3, 0.4) is 0 Å². The second-order valence-corrected chi connectivity index (χ2v) is 15.4. The number of carboxylic acids is 2. The number of aliphatic carboxylic acids is 2. The van der Waals surface area contributed by atoms with Crippen molar-refractivity contribution in [3.8, 4) is 0 Å². The summed E-state index contributed by atoms with van der Waals surface area (Å²) in [4.78, 5) is 20.2. The molecular formula is C34H70O4Sn. The van der Waals surface area contributed by atoms with Crippen molar-refractivity contribution in [2.75, 3.05) is 0 Å². The van der Waals surface area contributed by atoms with Crippen LogP contribution in [-0.2, 0) is 9.59 Å². The molecule has 0 aliphatic carbocycles. The van der Waals surface area contributed by atoms with Crippen LogP contribution in [0.4, 0.5) is 0 Å². The van der Waals surface area contributed by atoms with E-state index in [9.17, 15) is 9.59 Å². The predicted octanol–water partition coefficient (Wildman–Crippen LogP) is 11.9. The van der Waals surface area contributed by atoms with Crippen LogP contribution in [0.2, 0.25) is 8.87 Å². The van der Waals surface area contributed by atoms with Gasteiger partial charge in [0, 0.05) is 12.8 Å². The molecule has 0 aliphatic heterocycles. The Morgan fingerprint density at radius 1 is 0.385 bits per heavy atom. The molecule has 0 aromatic heterocycles. The Bertz CT molecular complexity index is 416. The summed E-state index contributed by atoms with van der Waals surface area (Å²) >= 11 is 0.0736. The van der Waals surface area contributed by atoms with E-state index in [-0.39, 0.29) is 21.1 Å². The molecular weight excluding hydrogens is 591 g/mol. The van der Waals surface area contributed by atoms with Crippen LogP contribution in [0.15, 0.2) is 0 Å². The van der Waals surface area contributed by atoms with Crippen LogP contribution in [0.5, 0.6) is 0 Å². The fourth-order valence-electron chi connectivity index (χ4n) is 4.30. The number of rotatable bonds is 28. The predicted molar refractivity (Wildman–Crippen MR) is 173 cm³/mol. The summed E-state index contributed by atoms with van der Waals surface area (Å²) in [5, 5.41) is 16.6. The van der Waals surface area contributed by atoms with Gasteiger partial charge in [-0.15, -0.1) is 0 Å². The Morgan fingerprint density at radius 2 is 0.615 bits per heavy atom. The van der Waals surface area contributed by atoms with Crippen molar-refractivity contribution in [2.24, 2.45) is 0 Å². The third-order valence-corrected chi connectivity index (χ3v) is 10.9. The first-order valence-electron chi connectivity index (χ1n) is 17.1. The van der Waals surface area contributed by atoms with Gasteiger partial charge in [-0.1, -0.05) is 78.1 Å². The zero-order valence-electron chi connectivity index (χ0n) is 27.0. The molecule has 0 amide bonds. The Labute approximate surface area is 255 Å². The minimum absolute atomic E-state index is 0.0736. The van der Waals surface area contributed by atoms with Crippen LogP contribution in [0.1, 0.15) is 195 Å². The minimum atomic E-state index is -0.666. The average molecular weight is 662 g/mol. The average Bonchev–Trinajstić information content (AvgIpc) is 2.91. The van der Waals surface area contributed by atoms with E-state index in [0.29, 0.717) is 12.8 Å². The van der Waals surface area contributed by atoms with Crippen LogP contribution in [0.25, 0.3) is 0 Å². The molecule has 39 heavy (non-hydrogen) atoms. The molecule has 2 radical (unpaired) electrons. The van der Waals surface area contributed by atoms with Gasteiger partial charge in [0.2, 0.25) is 0 Å². The molecule has 2 N–H and O–H groups in total. The first-order valence-corrected chi connectivity index (χ1v) is 21.1. The van der Waals surface area contributed by atoms with E-state index in [2.05, 4.69) is 27.7 Å². The molecule has 0 spiro atoms. The summed E-state index contributed by atoms with van der Waals surface area (Å²) < 4.78 is 3.31. The van der Waals surface area contributed by atoms with Crippen LogP contribution >= 0.6 is 0 Å². The fourth-order valence-corrected chi connectivity index (χ4v) is 7.87. The fraction of sp³-hybridized carbons (Fsp3) is 0.941. The third kappa shape index (κ3) is 54.5. The van der Waals surface area contributed by atoms with Crippen molar-refractivity contribution in [1.29, 1.82) is 0 Å². The van der Waals surface area contributed by atoms with Gasteiger partial charge < -0.3 is 10.2 Å². The molecule has 234 valence electrons. The van der Waals surface area contributed by atoms with Gasteiger partial charge in [0.05, 0.1) is 0 Å². The van der Waals surface area contributed by atoms with Gasteiger partial charge in [-0.25, -0.2) is 0 Å². The molecule has 0 aliphatic rings. The molecule has 0 bridgehead atoms. The second-order valence-electron chi connectivity index (χ2n) is 11.1. The molecule has 0 saturated carbocycles. The summed E-state index contributed by atoms with van der Waals surface area (Å²) in [7, 11) is 0. The van der Waals surface area contributed by atoms with E-state index >= 15 is 0 Å². The number of carbonyl (C=O) groups is 2. The van der Waals surface area contributed by atoms with Gasteiger partial charge in [-0.3, -0.25) is 9.59 Å². The summed E-state index contributed by atoms with van der Waals surface area (Å²) in [6.07, 6.45) is 32.3. The topological polar surface area (TPSA) is 74.6 Å². The first-order chi connectivity index (χ1) is 19.0. The normalized spacial score (nSPS) is 10.4. The Kier molecular flexibility index (Phi) is 46.8.